The standard InChI is InChI=1S/C18H23N5O2/c1-13(2)10-22-12-16(9-21-22)23-11-15(6-17(23)24)18(25)20-8-14-4-3-5-19-7-14/h3-5,7,9,12-13,15H,6,8,10-11H2,1-2H3,(H,20,25). The molecule has 0 radical (unpaired) electrons. The molecule has 3 rings (SSSR count). The summed E-state index contributed by atoms with van der Waals surface area (Å²) in [6, 6.07) is 3.74. The van der Waals surface area contributed by atoms with Crippen LogP contribution in [0.25, 0.3) is 0 Å². The van der Waals surface area contributed by atoms with E-state index < -0.39 is 0 Å². The van der Waals surface area contributed by atoms with Crippen LogP contribution in [0.2, 0.25) is 0 Å². The molecule has 1 fully saturated rings. The highest BCUT2D eigenvalue weighted by Gasteiger charge is 2.35. The Balaban J connectivity index is 1.58. The number of nitrogens with zero attached hydrogens (tertiary/aromatic N) is 4. The van der Waals surface area contributed by atoms with Gasteiger partial charge < -0.3 is 10.2 Å². The fourth-order valence-corrected chi connectivity index (χ4v) is 2.93. The minimum absolute atomic E-state index is 0.0365. The van der Waals surface area contributed by atoms with Crippen molar-refractivity contribution in [2.24, 2.45) is 11.8 Å². The van der Waals surface area contributed by atoms with Gasteiger partial charge in [-0.2, -0.15) is 5.10 Å². The lowest BCUT2D eigenvalue weighted by molar-refractivity contribution is -0.126. The highest BCUT2D eigenvalue weighted by molar-refractivity contribution is 6.00. The maximum Gasteiger partial charge on any atom is 0.227 e. The first kappa shape index (κ1) is 17.1. The van der Waals surface area contributed by atoms with Gasteiger partial charge in [-0.3, -0.25) is 19.3 Å². The molecule has 3 heterocycles. The number of nitrogens with one attached hydrogen (secondary N) is 1. The first-order valence-corrected chi connectivity index (χ1v) is 8.52. The van der Waals surface area contributed by atoms with Gasteiger partial charge in [0.05, 0.1) is 17.8 Å². The molecule has 1 atom stereocenters. The van der Waals surface area contributed by atoms with Crippen molar-refractivity contribution >= 4 is 17.5 Å². The average Bonchev–Trinajstić information content (AvgIpc) is 3.19. The second kappa shape index (κ2) is 7.46. The molecule has 2 aromatic rings. The van der Waals surface area contributed by atoms with Crippen molar-refractivity contribution in [2.75, 3.05) is 11.4 Å². The lowest BCUT2D eigenvalue weighted by Crippen LogP contribution is -2.32. The van der Waals surface area contributed by atoms with Crippen LogP contribution in [-0.4, -0.2) is 33.1 Å². The largest absolute Gasteiger partial charge is 0.352 e. The molecule has 132 valence electrons. The molecule has 0 bridgehead atoms. The maximum absolute atomic E-state index is 12.4. The van der Waals surface area contributed by atoms with Gasteiger partial charge >= 0.3 is 0 Å². The van der Waals surface area contributed by atoms with E-state index in [-0.39, 0.29) is 24.2 Å². The molecular formula is C18H23N5O2. The van der Waals surface area contributed by atoms with E-state index in [2.05, 4.69) is 29.2 Å². The Labute approximate surface area is 147 Å². The lowest BCUT2D eigenvalue weighted by atomic mass is 10.1. The van der Waals surface area contributed by atoms with E-state index in [4.69, 9.17) is 0 Å². The predicted molar refractivity (Wildman–Crippen MR) is 93.6 cm³/mol. The van der Waals surface area contributed by atoms with Crippen molar-refractivity contribution in [3.05, 3.63) is 42.5 Å². The van der Waals surface area contributed by atoms with Crippen LogP contribution >= 0.6 is 0 Å². The van der Waals surface area contributed by atoms with Crippen LogP contribution in [0.5, 0.6) is 0 Å². The zero-order valence-corrected chi connectivity index (χ0v) is 14.6. The highest BCUT2D eigenvalue weighted by Crippen LogP contribution is 2.25. The van der Waals surface area contributed by atoms with Gasteiger partial charge in [0.15, 0.2) is 0 Å². The molecule has 1 N–H and O–H groups in total. The minimum atomic E-state index is -0.336. The molecule has 1 unspecified atom stereocenters. The number of hydrogen-bond donors (Lipinski definition) is 1. The Hall–Kier alpha value is -2.70. The van der Waals surface area contributed by atoms with Gasteiger partial charge in [-0.1, -0.05) is 19.9 Å². The van der Waals surface area contributed by atoms with Gasteiger partial charge in [0.1, 0.15) is 0 Å². The predicted octanol–water partition coefficient (Wildman–Crippen LogP) is 1.60. The zero-order valence-electron chi connectivity index (χ0n) is 14.6. The summed E-state index contributed by atoms with van der Waals surface area (Å²) in [6.07, 6.45) is 7.20. The van der Waals surface area contributed by atoms with E-state index >= 15 is 0 Å². The van der Waals surface area contributed by atoms with Gasteiger partial charge in [-0.15, -0.1) is 0 Å². The van der Waals surface area contributed by atoms with E-state index in [1.54, 1.807) is 23.5 Å². The zero-order chi connectivity index (χ0) is 17.8. The fraction of sp³-hybridized carbons (Fsp3) is 0.444. The molecule has 2 aromatic heterocycles. The molecule has 25 heavy (non-hydrogen) atoms. The molecule has 0 aromatic carbocycles. The number of aromatic nitrogens is 3. The number of amides is 2. The summed E-state index contributed by atoms with van der Waals surface area (Å²) in [5.74, 6) is 0.00514. The molecule has 1 saturated heterocycles. The van der Waals surface area contributed by atoms with Gasteiger partial charge in [0.2, 0.25) is 11.8 Å². The van der Waals surface area contributed by atoms with Crippen LogP contribution < -0.4 is 10.2 Å². The van der Waals surface area contributed by atoms with Crippen molar-refractivity contribution in [1.29, 1.82) is 0 Å². The number of carbonyl (C=O) groups is 2. The van der Waals surface area contributed by atoms with Crippen LogP contribution in [0.3, 0.4) is 0 Å². The summed E-state index contributed by atoms with van der Waals surface area (Å²) in [7, 11) is 0. The van der Waals surface area contributed by atoms with Crippen molar-refractivity contribution < 1.29 is 9.59 Å². The molecule has 2 amide bonds. The third-order valence-corrected chi connectivity index (χ3v) is 4.17. The van der Waals surface area contributed by atoms with Gasteiger partial charge in [0.25, 0.3) is 0 Å². The maximum atomic E-state index is 12.4. The number of hydrogen-bond acceptors (Lipinski definition) is 4. The van der Waals surface area contributed by atoms with E-state index in [0.29, 0.717) is 19.0 Å². The Bertz CT molecular complexity index is 741. The molecule has 1 aliphatic heterocycles. The van der Waals surface area contributed by atoms with Gasteiger partial charge in [-0.25, -0.2) is 0 Å². The monoisotopic (exact) mass is 341 g/mol. The second-order valence-electron chi connectivity index (χ2n) is 6.80. The molecule has 7 nitrogen and oxygen atoms in total. The average molecular weight is 341 g/mol. The summed E-state index contributed by atoms with van der Waals surface area (Å²) >= 11 is 0. The summed E-state index contributed by atoms with van der Waals surface area (Å²) < 4.78 is 1.84. The summed E-state index contributed by atoms with van der Waals surface area (Å²) in [6.45, 7) is 5.85. The first-order chi connectivity index (χ1) is 12.0. The number of pyridine rings is 1. The van der Waals surface area contributed by atoms with Crippen LogP contribution in [0.4, 0.5) is 5.69 Å². The third kappa shape index (κ3) is 4.23. The molecule has 7 heteroatoms. The molecule has 1 aliphatic rings. The number of rotatable bonds is 6. The Morgan fingerprint density at radius 2 is 2.24 bits per heavy atom. The van der Waals surface area contributed by atoms with Crippen LogP contribution in [-0.2, 0) is 22.7 Å². The summed E-state index contributed by atoms with van der Waals surface area (Å²) in [5.41, 5.74) is 1.69. The SMILES string of the molecule is CC(C)Cn1cc(N2CC(C(=O)NCc3cccnc3)CC2=O)cn1. The van der Waals surface area contributed by atoms with Gasteiger partial charge in [0, 0.05) is 44.6 Å². The second-order valence-corrected chi connectivity index (χ2v) is 6.80. The fourth-order valence-electron chi connectivity index (χ4n) is 2.93. The van der Waals surface area contributed by atoms with Crippen molar-refractivity contribution in [3.63, 3.8) is 0 Å². The normalized spacial score (nSPS) is 17.3. The lowest BCUT2D eigenvalue weighted by Gasteiger charge is -2.14. The van der Waals surface area contributed by atoms with E-state index in [1.165, 1.54) is 0 Å². The molecule has 0 saturated carbocycles. The molecule has 0 spiro atoms. The van der Waals surface area contributed by atoms with Crippen molar-refractivity contribution in [3.8, 4) is 0 Å². The van der Waals surface area contributed by atoms with Gasteiger partial charge in [-0.05, 0) is 17.5 Å². The van der Waals surface area contributed by atoms with E-state index in [1.807, 2.05) is 23.0 Å². The Morgan fingerprint density at radius 1 is 1.40 bits per heavy atom. The van der Waals surface area contributed by atoms with Crippen LogP contribution in [0.15, 0.2) is 36.9 Å². The minimum Gasteiger partial charge on any atom is -0.352 e. The van der Waals surface area contributed by atoms with Crippen molar-refractivity contribution in [2.45, 2.75) is 33.4 Å². The summed E-state index contributed by atoms with van der Waals surface area (Å²) in [4.78, 5) is 30.3. The Kier molecular flexibility index (Phi) is 5.11. The van der Waals surface area contributed by atoms with E-state index in [0.717, 1.165) is 17.8 Å². The van der Waals surface area contributed by atoms with Crippen LogP contribution in [0, 0.1) is 11.8 Å². The quantitative estimate of drug-likeness (QED) is 0.865. The Morgan fingerprint density at radius 3 is 2.96 bits per heavy atom. The molecule has 0 aliphatic carbocycles. The topological polar surface area (TPSA) is 80.1 Å². The van der Waals surface area contributed by atoms with Crippen molar-refractivity contribution in [1.82, 2.24) is 20.1 Å². The van der Waals surface area contributed by atoms with Crippen LogP contribution in [0.1, 0.15) is 25.8 Å². The first-order valence-electron chi connectivity index (χ1n) is 8.52. The van der Waals surface area contributed by atoms with E-state index in [9.17, 15) is 9.59 Å². The third-order valence-electron chi connectivity index (χ3n) is 4.17. The summed E-state index contributed by atoms with van der Waals surface area (Å²) in [5, 5.41) is 7.18. The number of carbonyl (C=O) groups excluding carboxylic acids is 2. The highest BCUT2D eigenvalue weighted by atomic mass is 16.2. The smallest absolute Gasteiger partial charge is 0.227 e. The number of anilines is 1. The molecular weight excluding hydrogens is 318 g/mol.